The molecule has 1 aromatic heterocycles. The predicted octanol–water partition coefficient (Wildman–Crippen LogP) is 1.21. The van der Waals surface area contributed by atoms with Gasteiger partial charge in [-0.15, -0.1) is 0 Å². The Hall–Kier alpha value is -1.95. The molecule has 0 spiro atoms. The van der Waals surface area contributed by atoms with E-state index in [9.17, 15) is 4.79 Å². The molecule has 2 aromatic rings. The monoisotopic (exact) mass is 260 g/mol. The van der Waals surface area contributed by atoms with Crippen LogP contribution in [0.3, 0.4) is 0 Å². The average molecular weight is 260 g/mol. The molecular weight excluding hydrogens is 244 g/mol. The van der Waals surface area contributed by atoms with Gasteiger partial charge in [-0.25, -0.2) is 0 Å². The van der Waals surface area contributed by atoms with Gasteiger partial charge in [0, 0.05) is 12.1 Å². The van der Waals surface area contributed by atoms with Crippen LogP contribution in [0, 0.1) is 0 Å². The largest absolute Gasteiger partial charge is 0.375 e. The molecule has 1 aromatic carbocycles. The summed E-state index contributed by atoms with van der Waals surface area (Å²) in [4.78, 5) is 14.4. The van der Waals surface area contributed by atoms with Crippen LogP contribution in [0.25, 0.3) is 11.0 Å². The molecule has 2 unspecified atom stereocenters. The summed E-state index contributed by atoms with van der Waals surface area (Å²) in [5.74, 6) is 0.0209. The molecule has 0 radical (unpaired) electrons. The molecule has 100 valence electrons. The molecular formula is C13H16N4O2. The Kier molecular flexibility index (Phi) is 2.94. The Bertz CT molecular complexity index is 609. The summed E-state index contributed by atoms with van der Waals surface area (Å²) in [5, 5.41) is 10.5. The van der Waals surface area contributed by atoms with Gasteiger partial charge in [0.1, 0.15) is 11.0 Å². The van der Waals surface area contributed by atoms with Gasteiger partial charge in [-0.05, 0) is 32.0 Å². The molecule has 19 heavy (non-hydrogen) atoms. The van der Waals surface area contributed by atoms with Crippen molar-refractivity contribution in [3.63, 3.8) is 0 Å². The van der Waals surface area contributed by atoms with Crippen LogP contribution in [-0.2, 0) is 4.74 Å². The number of amides is 1. The second-order valence-electron chi connectivity index (χ2n) is 4.98. The number of nitrogens with one attached hydrogen (secondary N) is 1. The van der Waals surface area contributed by atoms with Crippen molar-refractivity contribution < 1.29 is 9.53 Å². The van der Waals surface area contributed by atoms with Crippen LogP contribution in [0.5, 0.6) is 0 Å². The maximum Gasteiger partial charge on any atom is 0.254 e. The first-order chi connectivity index (χ1) is 9.15. The van der Waals surface area contributed by atoms with Gasteiger partial charge < -0.3 is 9.64 Å². The minimum atomic E-state index is 0.0209. The molecule has 0 bridgehead atoms. The van der Waals surface area contributed by atoms with Crippen molar-refractivity contribution in [2.45, 2.75) is 26.0 Å². The Morgan fingerprint density at radius 1 is 1.37 bits per heavy atom. The normalized spacial score (nSPS) is 23.8. The second-order valence-corrected chi connectivity index (χ2v) is 4.98. The average Bonchev–Trinajstić information content (AvgIpc) is 2.88. The highest BCUT2D eigenvalue weighted by molar-refractivity contribution is 5.97. The Balaban J connectivity index is 1.89. The predicted molar refractivity (Wildman–Crippen MR) is 69.8 cm³/mol. The second kappa shape index (κ2) is 4.62. The van der Waals surface area contributed by atoms with E-state index in [0.717, 1.165) is 5.52 Å². The smallest absolute Gasteiger partial charge is 0.254 e. The molecule has 2 heterocycles. The lowest BCUT2D eigenvalue weighted by molar-refractivity contribution is -0.0387. The highest BCUT2D eigenvalue weighted by Gasteiger charge is 2.28. The molecule has 1 aliphatic rings. The minimum Gasteiger partial charge on any atom is -0.375 e. The third kappa shape index (κ3) is 2.19. The number of hydrogen-bond donors (Lipinski definition) is 1. The number of ether oxygens (including phenoxy) is 1. The third-order valence-electron chi connectivity index (χ3n) is 3.43. The van der Waals surface area contributed by atoms with Crippen molar-refractivity contribution in [3.8, 4) is 0 Å². The van der Waals surface area contributed by atoms with Crippen LogP contribution in [0.1, 0.15) is 24.2 Å². The zero-order valence-corrected chi connectivity index (χ0v) is 11.0. The highest BCUT2D eigenvalue weighted by Crippen LogP contribution is 2.17. The number of carbonyl (C=O) groups excluding carboxylic acids is 1. The Labute approximate surface area is 110 Å². The van der Waals surface area contributed by atoms with Crippen LogP contribution in [0.4, 0.5) is 0 Å². The van der Waals surface area contributed by atoms with Crippen LogP contribution in [0.15, 0.2) is 18.2 Å². The first kappa shape index (κ1) is 12.1. The third-order valence-corrected chi connectivity index (χ3v) is 3.43. The standard InChI is InChI=1S/C13H16N4O2/c1-8-7-19-9(2)6-17(8)13(18)10-3-4-11-12(5-10)15-16-14-11/h3-5,8-9H,6-7H2,1-2H3,(H,14,15,16). The fourth-order valence-corrected chi connectivity index (χ4v) is 2.33. The molecule has 0 aliphatic carbocycles. The number of nitrogens with zero attached hydrogens (tertiary/aromatic N) is 3. The lowest BCUT2D eigenvalue weighted by Crippen LogP contribution is -2.50. The molecule has 0 saturated carbocycles. The SMILES string of the molecule is CC1CN(C(=O)c2ccc3n[nH]nc3c2)C(C)CO1. The summed E-state index contributed by atoms with van der Waals surface area (Å²) in [6.45, 7) is 5.18. The van der Waals surface area contributed by atoms with E-state index in [-0.39, 0.29) is 18.1 Å². The number of benzene rings is 1. The van der Waals surface area contributed by atoms with Crippen molar-refractivity contribution in [2.24, 2.45) is 0 Å². The quantitative estimate of drug-likeness (QED) is 0.836. The van der Waals surface area contributed by atoms with Gasteiger partial charge in [0.25, 0.3) is 5.91 Å². The highest BCUT2D eigenvalue weighted by atomic mass is 16.5. The number of morpholine rings is 1. The lowest BCUT2D eigenvalue weighted by atomic mass is 10.1. The van der Waals surface area contributed by atoms with Gasteiger partial charge in [0.2, 0.25) is 0 Å². The van der Waals surface area contributed by atoms with Crippen LogP contribution < -0.4 is 0 Å². The van der Waals surface area contributed by atoms with Crippen molar-refractivity contribution in [3.05, 3.63) is 23.8 Å². The van der Waals surface area contributed by atoms with Crippen LogP contribution in [0.2, 0.25) is 0 Å². The summed E-state index contributed by atoms with van der Waals surface area (Å²) in [6, 6.07) is 5.46. The minimum absolute atomic E-state index is 0.0209. The first-order valence-corrected chi connectivity index (χ1v) is 6.38. The van der Waals surface area contributed by atoms with E-state index in [1.165, 1.54) is 0 Å². The van der Waals surface area contributed by atoms with Gasteiger partial charge in [0.15, 0.2) is 0 Å². The summed E-state index contributed by atoms with van der Waals surface area (Å²) in [6.07, 6.45) is 0.0796. The van der Waals surface area contributed by atoms with Crippen LogP contribution >= 0.6 is 0 Å². The fourth-order valence-electron chi connectivity index (χ4n) is 2.33. The molecule has 6 nitrogen and oxygen atoms in total. The number of H-pyrrole nitrogens is 1. The molecule has 3 rings (SSSR count). The Morgan fingerprint density at radius 2 is 2.16 bits per heavy atom. The number of aromatic amines is 1. The fraction of sp³-hybridized carbons (Fsp3) is 0.462. The first-order valence-electron chi connectivity index (χ1n) is 6.38. The maximum absolute atomic E-state index is 12.5. The number of fused-ring (bicyclic) bond motifs is 1. The molecule has 1 aliphatic heterocycles. The molecule has 2 atom stereocenters. The molecule has 6 heteroatoms. The van der Waals surface area contributed by atoms with Gasteiger partial charge in [0.05, 0.1) is 18.8 Å². The molecule has 1 fully saturated rings. The Morgan fingerprint density at radius 3 is 3.00 bits per heavy atom. The van der Waals surface area contributed by atoms with Gasteiger partial charge >= 0.3 is 0 Å². The van der Waals surface area contributed by atoms with E-state index < -0.39 is 0 Å². The zero-order valence-electron chi connectivity index (χ0n) is 11.0. The lowest BCUT2D eigenvalue weighted by Gasteiger charge is -2.36. The summed E-state index contributed by atoms with van der Waals surface area (Å²) in [7, 11) is 0. The topological polar surface area (TPSA) is 71.1 Å². The van der Waals surface area contributed by atoms with E-state index in [4.69, 9.17) is 4.74 Å². The van der Waals surface area contributed by atoms with E-state index in [1.807, 2.05) is 18.7 Å². The summed E-state index contributed by atoms with van der Waals surface area (Å²) in [5.41, 5.74) is 2.11. The van der Waals surface area contributed by atoms with E-state index in [1.54, 1.807) is 18.2 Å². The molecule has 1 saturated heterocycles. The van der Waals surface area contributed by atoms with Crippen LogP contribution in [-0.4, -0.2) is 51.5 Å². The summed E-state index contributed by atoms with van der Waals surface area (Å²) < 4.78 is 5.54. The number of aromatic nitrogens is 3. The number of rotatable bonds is 1. The van der Waals surface area contributed by atoms with E-state index in [2.05, 4.69) is 15.4 Å². The molecule has 1 amide bonds. The molecule has 1 N–H and O–H groups in total. The summed E-state index contributed by atoms with van der Waals surface area (Å²) >= 11 is 0. The van der Waals surface area contributed by atoms with E-state index in [0.29, 0.717) is 24.2 Å². The van der Waals surface area contributed by atoms with E-state index >= 15 is 0 Å². The van der Waals surface area contributed by atoms with Crippen molar-refractivity contribution in [1.29, 1.82) is 0 Å². The van der Waals surface area contributed by atoms with Crippen molar-refractivity contribution in [2.75, 3.05) is 13.2 Å². The van der Waals surface area contributed by atoms with Gasteiger partial charge in [-0.3, -0.25) is 4.79 Å². The number of hydrogen-bond acceptors (Lipinski definition) is 4. The van der Waals surface area contributed by atoms with Gasteiger partial charge in [-0.1, -0.05) is 0 Å². The zero-order chi connectivity index (χ0) is 13.4. The van der Waals surface area contributed by atoms with Crippen molar-refractivity contribution in [1.82, 2.24) is 20.3 Å². The van der Waals surface area contributed by atoms with Crippen molar-refractivity contribution >= 4 is 16.9 Å². The van der Waals surface area contributed by atoms with Gasteiger partial charge in [-0.2, -0.15) is 15.4 Å². The maximum atomic E-state index is 12.5. The number of carbonyl (C=O) groups is 1.